The Morgan fingerprint density at radius 1 is 1.17 bits per heavy atom. The Bertz CT molecular complexity index is 337. The van der Waals surface area contributed by atoms with Crippen molar-refractivity contribution in [3.63, 3.8) is 0 Å². The molecule has 2 fully saturated rings. The summed E-state index contributed by atoms with van der Waals surface area (Å²) in [5, 5.41) is 6.75. The highest BCUT2D eigenvalue weighted by molar-refractivity contribution is 14.0. The molecule has 0 bridgehead atoms. The number of nitrogens with one attached hydrogen (secondary N) is 2. The van der Waals surface area contributed by atoms with Gasteiger partial charge in [0.25, 0.3) is 0 Å². The van der Waals surface area contributed by atoms with Gasteiger partial charge < -0.3 is 20.3 Å². The minimum absolute atomic E-state index is 0. The van der Waals surface area contributed by atoms with Gasteiger partial charge in [-0.15, -0.1) is 24.0 Å². The monoisotopic (exact) mass is 438 g/mol. The second-order valence-corrected chi connectivity index (χ2v) is 6.57. The molecule has 2 rings (SSSR count). The summed E-state index contributed by atoms with van der Waals surface area (Å²) in [6.45, 7) is 12.6. The van der Waals surface area contributed by atoms with Crippen LogP contribution in [0.15, 0.2) is 4.99 Å². The molecule has 6 heteroatoms. The smallest absolute Gasteiger partial charge is 0.191 e. The Morgan fingerprint density at radius 2 is 2.00 bits per heavy atom. The average Bonchev–Trinajstić information content (AvgIpc) is 3.24. The molecule has 0 aromatic rings. The van der Waals surface area contributed by atoms with Crippen molar-refractivity contribution < 1.29 is 4.74 Å². The third-order valence-electron chi connectivity index (χ3n) is 4.48. The maximum absolute atomic E-state index is 5.66. The van der Waals surface area contributed by atoms with Crippen LogP contribution in [-0.4, -0.2) is 63.3 Å². The van der Waals surface area contributed by atoms with Crippen molar-refractivity contribution in [1.29, 1.82) is 0 Å². The second kappa shape index (κ2) is 12.3. The molecule has 0 amide bonds. The van der Waals surface area contributed by atoms with Crippen LogP contribution in [0.2, 0.25) is 0 Å². The normalized spacial score (nSPS) is 22.0. The van der Waals surface area contributed by atoms with Crippen LogP contribution in [0.3, 0.4) is 0 Å². The lowest BCUT2D eigenvalue weighted by molar-refractivity contribution is 0.123. The molecule has 0 aromatic heterocycles. The Kier molecular flexibility index (Phi) is 11.2. The number of rotatable bonds is 10. The van der Waals surface area contributed by atoms with Gasteiger partial charge in [-0.2, -0.15) is 0 Å². The van der Waals surface area contributed by atoms with Crippen LogP contribution in [0.25, 0.3) is 0 Å². The zero-order valence-electron chi connectivity index (χ0n) is 14.9. The van der Waals surface area contributed by atoms with Crippen LogP contribution in [0.1, 0.15) is 39.5 Å². The van der Waals surface area contributed by atoms with Crippen molar-refractivity contribution in [2.75, 3.05) is 52.5 Å². The van der Waals surface area contributed by atoms with Gasteiger partial charge in [0.1, 0.15) is 0 Å². The molecule has 1 heterocycles. The van der Waals surface area contributed by atoms with E-state index < -0.39 is 0 Å². The first-order chi connectivity index (χ1) is 10.8. The van der Waals surface area contributed by atoms with Gasteiger partial charge in [0.2, 0.25) is 0 Å². The average molecular weight is 438 g/mol. The molecule has 1 aliphatic carbocycles. The third-order valence-corrected chi connectivity index (χ3v) is 4.48. The minimum Gasteiger partial charge on any atom is -0.381 e. The molecule has 2 N–H and O–H groups in total. The van der Waals surface area contributed by atoms with E-state index in [9.17, 15) is 0 Å². The highest BCUT2D eigenvalue weighted by atomic mass is 127. The summed E-state index contributed by atoms with van der Waals surface area (Å²) in [7, 11) is 0. The fourth-order valence-corrected chi connectivity index (χ4v) is 2.83. The van der Waals surface area contributed by atoms with Crippen molar-refractivity contribution in [2.24, 2.45) is 16.8 Å². The SMILES string of the molecule is CCNC(=NCC1CCN(CC)C1)NCCCOCC1CC1.I. The molecular formula is C17H35IN4O. The van der Waals surface area contributed by atoms with Crippen LogP contribution >= 0.6 is 24.0 Å². The number of likely N-dealkylation sites (tertiary alicyclic amines) is 1. The van der Waals surface area contributed by atoms with Crippen LogP contribution in [0, 0.1) is 11.8 Å². The van der Waals surface area contributed by atoms with E-state index in [1.54, 1.807) is 0 Å². The summed E-state index contributed by atoms with van der Waals surface area (Å²) in [4.78, 5) is 7.26. The zero-order chi connectivity index (χ0) is 15.6. The molecule has 23 heavy (non-hydrogen) atoms. The number of ether oxygens (including phenoxy) is 1. The molecule has 1 atom stereocenters. The van der Waals surface area contributed by atoms with E-state index in [-0.39, 0.29) is 24.0 Å². The number of halogens is 1. The lowest BCUT2D eigenvalue weighted by Gasteiger charge is -2.14. The molecular weight excluding hydrogens is 403 g/mol. The summed E-state index contributed by atoms with van der Waals surface area (Å²) >= 11 is 0. The summed E-state index contributed by atoms with van der Waals surface area (Å²) in [6, 6.07) is 0. The summed E-state index contributed by atoms with van der Waals surface area (Å²) in [6.07, 6.45) is 5.06. The number of nitrogens with zero attached hydrogens (tertiary/aromatic N) is 2. The zero-order valence-corrected chi connectivity index (χ0v) is 17.2. The van der Waals surface area contributed by atoms with Crippen LogP contribution in [0.5, 0.6) is 0 Å². The Morgan fingerprint density at radius 3 is 2.65 bits per heavy atom. The molecule has 2 aliphatic rings. The van der Waals surface area contributed by atoms with Crippen molar-refractivity contribution in [2.45, 2.75) is 39.5 Å². The van der Waals surface area contributed by atoms with E-state index in [2.05, 4.69) is 29.4 Å². The Hall–Kier alpha value is -0.0800. The Balaban J connectivity index is 0.00000264. The molecule has 0 aromatic carbocycles. The third kappa shape index (κ3) is 9.10. The molecule has 0 spiro atoms. The molecule has 1 saturated carbocycles. The molecule has 1 unspecified atom stereocenters. The highest BCUT2D eigenvalue weighted by Crippen LogP contribution is 2.28. The topological polar surface area (TPSA) is 48.9 Å². The summed E-state index contributed by atoms with van der Waals surface area (Å²) in [5.74, 6) is 2.54. The van der Waals surface area contributed by atoms with Crippen LogP contribution in [-0.2, 0) is 4.74 Å². The number of guanidine groups is 1. The first-order valence-corrected chi connectivity index (χ1v) is 9.14. The van der Waals surface area contributed by atoms with E-state index in [1.165, 1.54) is 38.9 Å². The van der Waals surface area contributed by atoms with Crippen molar-refractivity contribution in [3.8, 4) is 0 Å². The number of aliphatic imine (C=N–C) groups is 1. The van der Waals surface area contributed by atoms with Crippen molar-refractivity contribution in [1.82, 2.24) is 15.5 Å². The van der Waals surface area contributed by atoms with E-state index in [0.717, 1.165) is 57.1 Å². The number of hydrogen-bond donors (Lipinski definition) is 2. The lowest BCUT2D eigenvalue weighted by atomic mass is 10.1. The van der Waals surface area contributed by atoms with E-state index in [0.29, 0.717) is 0 Å². The molecule has 1 saturated heterocycles. The standard InChI is InChI=1S/C17H34N4O.HI/c1-3-18-17(19-9-5-11-22-14-15-6-7-15)20-12-16-8-10-21(4-2)13-16;/h15-16H,3-14H2,1-2H3,(H2,18,19,20);1H. The maximum atomic E-state index is 5.66. The van der Waals surface area contributed by atoms with Gasteiger partial charge in [-0.05, 0) is 57.5 Å². The van der Waals surface area contributed by atoms with Crippen molar-refractivity contribution in [3.05, 3.63) is 0 Å². The highest BCUT2D eigenvalue weighted by Gasteiger charge is 2.21. The quantitative estimate of drug-likeness (QED) is 0.238. The van der Waals surface area contributed by atoms with Gasteiger partial charge in [0.15, 0.2) is 5.96 Å². The van der Waals surface area contributed by atoms with E-state index in [1.807, 2.05) is 0 Å². The lowest BCUT2D eigenvalue weighted by Crippen LogP contribution is -2.38. The van der Waals surface area contributed by atoms with Gasteiger partial charge >= 0.3 is 0 Å². The first-order valence-electron chi connectivity index (χ1n) is 9.14. The first kappa shape index (κ1) is 21.0. The van der Waals surface area contributed by atoms with E-state index in [4.69, 9.17) is 9.73 Å². The fourth-order valence-electron chi connectivity index (χ4n) is 2.83. The predicted molar refractivity (Wildman–Crippen MR) is 108 cm³/mol. The summed E-state index contributed by atoms with van der Waals surface area (Å²) in [5.41, 5.74) is 0. The van der Waals surface area contributed by atoms with Gasteiger partial charge in [-0.25, -0.2) is 0 Å². The molecule has 1 aliphatic heterocycles. The van der Waals surface area contributed by atoms with Crippen LogP contribution in [0.4, 0.5) is 0 Å². The maximum Gasteiger partial charge on any atom is 0.191 e. The Labute approximate surface area is 159 Å². The fraction of sp³-hybridized carbons (Fsp3) is 0.941. The van der Waals surface area contributed by atoms with Crippen LogP contribution < -0.4 is 10.6 Å². The molecule has 136 valence electrons. The van der Waals surface area contributed by atoms with Gasteiger partial charge in [-0.1, -0.05) is 6.92 Å². The second-order valence-electron chi connectivity index (χ2n) is 6.57. The summed E-state index contributed by atoms with van der Waals surface area (Å²) < 4.78 is 5.66. The predicted octanol–water partition coefficient (Wildman–Crippen LogP) is 2.32. The van der Waals surface area contributed by atoms with Gasteiger partial charge in [0.05, 0.1) is 0 Å². The van der Waals surface area contributed by atoms with Crippen molar-refractivity contribution >= 4 is 29.9 Å². The largest absolute Gasteiger partial charge is 0.381 e. The van der Waals surface area contributed by atoms with Gasteiger partial charge in [0, 0.05) is 39.4 Å². The molecule has 5 nitrogen and oxygen atoms in total. The minimum atomic E-state index is 0. The molecule has 0 radical (unpaired) electrons. The van der Waals surface area contributed by atoms with Gasteiger partial charge in [-0.3, -0.25) is 4.99 Å². The number of hydrogen-bond acceptors (Lipinski definition) is 3. The van der Waals surface area contributed by atoms with E-state index >= 15 is 0 Å².